The third-order valence-corrected chi connectivity index (χ3v) is 7.18. The zero-order valence-electron chi connectivity index (χ0n) is 12.1. The van der Waals surface area contributed by atoms with Gasteiger partial charge in [0.2, 0.25) is 0 Å². The number of terminal acetylenes is 1. The Bertz CT molecular complexity index is 284. The van der Waals surface area contributed by atoms with E-state index in [-0.39, 0.29) is 0 Å². The summed E-state index contributed by atoms with van der Waals surface area (Å²) in [6.45, 7) is 3.78. The molecule has 0 aromatic carbocycles. The van der Waals surface area contributed by atoms with Crippen LogP contribution in [0.15, 0.2) is 0 Å². The van der Waals surface area contributed by atoms with E-state index in [2.05, 4.69) is 5.92 Å². The monoisotopic (exact) mass is 270 g/mol. The predicted molar refractivity (Wildman–Crippen MR) is 75.2 cm³/mol. The molecule has 0 N–H and O–H groups in total. The van der Waals surface area contributed by atoms with E-state index in [4.69, 9.17) is 19.7 Å². The van der Waals surface area contributed by atoms with Gasteiger partial charge in [-0.25, -0.2) is 0 Å². The van der Waals surface area contributed by atoms with Gasteiger partial charge < -0.3 is 13.3 Å². The lowest BCUT2D eigenvalue weighted by molar-refractivity contribution is 0.0279. The molecule has 0 aliphatic heterocycles. The van der Waals surface area contributed by atoms with E-state index in [9.17, 15) is 0 Å². The average molecular weight is 270 g/mol. The molecule has 0 saturated heterocycles. The maximum absolute atomic E-state index is 6.13. The first-order valence-electron chi connectivity index (χ1n) is 6.78. The molecule has 1 aliphatic rings. The van der Waals surface area contributed by atoms with Crippen molar-refractivity contribution in [3.05, 3.63) is 0 Å². The highest BCUT2D eigenvalue weighted by Gasteiger charge is 2.50. The van der Waals surface area contributed by atoms with Gasteiger partial charge in [-0.15, -0.1) is 6.42 Å². The molecule has 0 aromatic heterocycles. The van der Waals surface area contributed by atoms with Gasteiger partial charge in [0.1, 0.15) is 5.60 Å². The van der Waals surface area contributed by atoms with Crippen molar-refractivity contribution >= 4 is 8.80 Å². The molecule has 1 aliphatic carbocycles. The van der Waals surface area contributed by atoms with Gasteiger partial charge in [-0.05, 0) is 26.7 Å². The molecular weight excluding hydrogens is 244 g/mol. The molecule has 18 heavy (non-hydrogen) atoms. The molecule has 104 valence electrons. The fourth-order valence-electron chi connectivity index (χ4n) is 2.60. The lowest BCUT2D eigenvalue weighted by atomic mass is 10.2. The maximum atomic E-state index is 6.13. The van der Waals surface area contributed by atoms with Crippen molar-refractivity contribution in [3.8, 4) is 12.3 Å². The lowest BCUT2D eigenvalue weighted by Crippen LogP contribution is -2.53. The Morgan fingerprint density at radius 1 is 1.06 bits per heavy atom. The lowest BCUT2D eigenvalue weighted by Gasteiger charge is -2.37. The summed E-state index contributed by atoms with van der Waals surface area (Å²) in [5, 5.41) is 0. The predicted octanol–water partition coefficient (Wildman–Crippen LogP) is 3.37. The Morgan fingerprint density at radius 3 is 1.94 bits per heavy atom. The van der Waals surface area contributed by atoms with Crippen LogP contribution < -0.4 is 0 Å². The van der Waals surface area contributed by atoms with Crippen LogP contribution in [-0.2, 0) is 13.3 Å². The van der Waals surface area contributed by atoms with Crippen molar-refractivity contribution in [1.82, 2.24) is 0 Å². The van der Waals surface area contributed by atoms with Crippen LogP contribution in [0.25, 0.3) is 0 Å². The largest absolute Gasteiger partial charge is 0.504 e. The van der Waals surface area contributed by atoms with E-state index in [0.29, 0.717) is 5.54 Å². The highest BCUT2D eigenvalue weighted by molar-refractivity contribution is 6.62. The van der Waals surface area contributed by atoms with Crippen LogP contribution in [0, 0.1) is 12.3 Å². The molecule has 4 heteroatoms. The maximum Gasteiger partial charge on any atom is 0.504 e. The van der Waals surface area contributed by atoms with Crippen molar-refractivity contribution in [2.45, 2.75) is 63.5 Å². The minimum Gasteiger partial charge on any atom is -0.377 e. The van der Waals surface area contributed by atoms with E-state index in [1.165, 1.54) is 25.7 Å². The van der Waals surface area contributed by atoms with Gasteiger partial charge in [-0.1, -0.05) is 31.6 Å². The van der Waals surface area contributed by atoms with Gasteiger partial charge in [0.25, 0.3) is 0 Å². The van der Waals surface area contributed by atoms with Crippen LogP contribution in [0.3, 0.4) is 0 Å². The van der Waals surface area contributed by atoms with Gasteiger partial charge in [0.15, 0.2) is 0 Å². The Labute approximate surface area is 113 Å². The Morgan fingerprint density at radius 2 is 1.56 bits per heavy atom. The summed E-state index contributed by atoms with van der Waals surface area (Å²) in [6, 6.07) is 0. The molecule has 0 unspecified atom stereocenters. The molecule has 1 rings (SSSR count). The fraction of sp³-hybridized carbons (Fsp3) is 0.857. The van der Waals surface area contributed by atoms with Crippen molar-refractivity contribution in [3.63, 3.8) is 0 Å². The van der Waals surface area contributed by atoms with Crippen molar-refractivity contribution in [2.75, 3.05) is 14.2 Å². The molecule has 0 aromatic rings. The fourth-order valence-corrected chi connectivity index (χ4v) is 5.65. The van der Waals surface area contributed by atoms with Crippen LogP contribution in [0.1, 0.15) is 52.4 Å². The highest BCUT2D eigenvalue weighted by atomic mass is 28.4. The van der Waals surface area contributed by atoms with Gasteiger partial charge in [-0.3, -0.25) is 0 Å². The Hall–Kier alpha value is -0.343. The second kappa shape index (κ2) is 6.72. The zero-order valence-corrected chi connectivity index (χ0v) is 13.1. The third kappa shape index (κ3) is 3.82. The smallest absolute Gasteiger partial charge is 0.377 e. The SMILES string of the molecule is C#CC(C)(C)O[Si](OC)(OC)C1CCCCCC1. The summed E-state index contributed by atoms with van der Waals surface area (Å²) in [6.07, 6.45) is 12.8. The first kappa shape index (κ1) is 15.7. The van der Waals surface area contributed by atoms with Crippen LogP contribution >= 0.6 is 0 Å². The standard InChI is InChI=1S/C14H26O3Si/c1-6-14(2,3)17-18(15-4,16-5)13-11-9-7-8-10-12-13/h1,13H,7-12H2,2-5H3. The second-order valence-electron chi connectivity index (χ2n) is 5.46. The minimum atomic E-state index is -2.67. The van der Waals surface area contributed by atoms with Gasteiger partial charge in [-0.2, -0.15) is 0 Å². The molecule has 0 heterocycles. The number of hydrogen-bond donors (Lipinski definition) is 0. The quantitative estimate of drug-likeness (QED) is 0.435. The van der Waals surface area contributed by atoms with Crippen molar-refractivity contribution in [1.29, 1.82) is 0 Å². The molecule has 0 amide bonds. The van der Waals surface area contributed by atoms with E-state index in [1.54, 1.807) is 14.2 Å². The minimum absolute atomic E-state index is 0.377. The summed E-state index contributed by atoms with van der Waals surface area (Å²) in [5.41, 5.74) is -0.257. The zero-order chi connectivity index (χ0) is 13.6. The molecule has 0 spiro atoms. The van der Waals surface area contributed by atoms with Gasteiger partial charge in [0, 0.05) is 19.8 Å². The topological polar surface area (TPSA) is 27.7 Å². The summed E-state index contributed by atoms with van der Waals surface area (Å²) >= 11 is 0. The van der Waals surface area contributed by atoms with Crippen LogP contribution in [-0.4, -0.2) is 28.6 Å². The highest BCUT2D eigenvalue weighted by Crippen LogP contribution is 2.39. The summed E-state index contributed by atoms with van der Waals surface area (Å²) in [4.78, 5) is 0. The van der Waals surface area contributed by atoms with Crippen molar-refractivity contribution < 1.29 is 13.3 Å². The number of rotatable bonds is 5. The normalized spacial score (nSPS) is 19.3. The molecular formula is C14H26O3Si. The van der Waals surface area contributed by atoms with E-state index < -0.39 is 14.4 Å². The first-order chi connectivity index (χ1) is 8.49. The summed E-state index contributed by atoms with van der Waals surface area (Å²) in [7, 11) is 0.702. The Balaban J connectivity index is 2.87. The molecule has 1 saturated carbocycles. The second-order valence-corrected chi connectivity index (χ2v) is 8.50. The molecule has 1 fully saturated rings. The van der Waals surface area contributed by atoms with E-state index in [1.807, 2.05) is 13.8 Å². The Kier molecular flexibility index (Phi) is 5.86. The van der Waals surface area contributed by atoms with Crippen molar-refractivity contribution in [2.24, 2.45) is 0 Å². The summed E-state index contributed by atoms with van der Waals surface area (Å²) < 4.78 is 17.6. The summed E-state index contributed by atoms with van der Waals surface area (Å²) in [5.74, 6) is 2.67. The average Bonchev–Trinajstić information content (AvgIpc) is 2.65. The van der Waals surface area contributed by atoms with Gasteiger partial charge >= 0.3 is 8.80 Å². The number of hydrogen-bond acceptors (Lipinski definition) is 3. The van der Waals surface area contributed by atoms with E-state index >= 15 is 0 Å². The van der Waals surface area contributed by atoms with Gasteiger partial charge in [0.05, 0.1) is 0 Å². The molecule has 0 atom stereocenters. The van der Waals surface area contributed by atoms with E-state index in [0.717, 1.165) is 12.8 Å². The first-order valence-corrected chi connectivity index (χ1v) is 8.58. The van der Waals surface area contributed by atoms with Crippen LogP contribution in [0.5, 0.6) is 0 Å². The third-order valence-electron chi connectivity index (χ3n) is 3.67. The van der Waals surface area contributed by atoms with Crippen LogP contribution in [0.2, 0.25) is 5.54 Å². The molecule has 0 radical (unpaired) electrons. The molecule has 0 bridgehead atoms. The molecule has 3 nitrogen and oxygen atoms in total. The van der Waals surface area contributed by atoms with Crippen LogP contribution in [0.4, 0.5) is 0 Å².